The lowest BCUT2D eigenvalue weighted by atomic mass is 10.0. The van der Waals surface area contributed by atoms with Crippen molar-refractivity contribution < 1.29 is 29.4 Å². The number of aromatic amines is 1. The number of hydrogen-bond donors (Lipinski definition) is 5. The molecule has 0 spiro atoms. The van der Waals surface area contributed by atoms with Crippen LogP contribution in [0.15, 0.2) is 27.8 Å². The molecule has 0 saturated carbocycles. The number of nitrogen functional groups attached to an aromatic ring is 1. The average Bonchev–Trinajstić information content (AvgIpc) is 3.43. The van der Waals surface area contributed by atoms with E-state index in [1.165, 1.54) is 34.5 Å². The van der Waals surface area contributed by atoms with Gasteiger partial charge in [-0.2, -0.15) is 4.37 Å². The van der Waals surface area contributed by atoms with Gasteiger partial charge < -0.3 is 26.1 Å². The molecule has 3 atom stereocenters. The molecule has 0 bridgehead atoms. The number of nitrogens with two attached hydrogens (primary N) is 1. The Morgan fingerprint density at radius 1 is 1.52 bits per heavy atom. The minimum absolute atomic E-state index is 0.0577. The number of tetrazole rings is 1. The van der Waals surface area contributed by atoms with Gasteiger partial charge in [0.05, 0.1) is 0 Å². The third-order valence-electron chi connectivity index (χ3n) is 4.61. The van der Waals surface area contributed by atoms with E-state index in [0.717, 1.165) is 11.5 Å². The van der Waals surface area contributed by atoms with E-state index in [9.17, 15) is 24.7 Å². The van der Waals surface area contributed by atoms with E-state index in [4.69, 9.17) is 10.5 Å². The Hall–Kier alpha value is -3.38. The van der Waals surface area contributed by atoms with E-state index in [0.29, 0.717) is 21.5 Å². The number of nitrogens with zero attached hydrogens (tertiary/aromatic N) is 6. The first-order chi connectivity index (χ1) is 15.8. The van der Waals surface area contributed by atoms with Gasteiger partial charge in [-0.1, -0.05) is 16.9 Å². The van der Waals surface area contributed by atoms with Crippen LogP contribution in [0.4, 0.5) is 9.80 Å². The number of carboxylic acid groups (broad SMARTS) is 1. The molecule has 2 aromatic heterocycles. The normalized spacial score (nSPS) is 21.3. The lowest BCUT2D eigenvalue weighted by molar-refractivity contribution is -0.148. The summed E-state index contributed by atoms with van der Waals surface area (Å²) >= 11 is 3.46. The van der Waals surface area contributed by atoms with Gasteiger partial charge >= 0.3 is 6.16 Å². The van der Waals surface area contributed by atoms with Crippen molar-refractivity contribution in [3.8, 4) is 0 Å². The number of oxime groups is 1. The smallest absolute Gasteiger partial charge is 0.449 e. The fourth-order valence-electron chi connectivity index (χ4n) is 3.13. The van der Waals surface area contributed by atoms with Gasteiger partial charge in [0.15, 0.2) is 5.71 Å². The molecule has 4 rings (SSSR count). The first-order valence-electron chi connectivity index (χ1n) is 9.04. The van der Waals surface area contributed by atoms with Crippen molar-refractivity contribution in [2.75, 3.05) is 11.5 Å². The number of amides is 2. The summed E-state index contributed by atoms with van der Waals surface area (Å²) in [5.41, 5.74) is 5.80. The molecule has 2 amide bonds. The van der Waals surface area contributed by atoms with Crippen molar-refractivity contribution >= 4 is 63.7 Å². The Morgan fingerprint density at radius 3 is 2.91 bits per heavy atom. The van der Waals surface area contributed by atoms with E-state index in [2.05, 4.69) is 35.5 Å². The van der Waals surface area contributed by atoms with Gasteiger partial charge in [0.2, 0.25) is 11.0 Å². The van der Waals surface area contributed by atoms with E-state index in [1.807, 2.05) is 0 Å². The maximum Gasteiger partial charge on any atom is 0.512 e. The van der Waals surface area contributed by atoms with Crippen molar-refractivity contribution in [3.63, 3.8) is 0 Å². The second-order valence-electron chi connectivity index (χ2n) is 6.59. The Labute approximate surface area is 197 Å². The topological polar surface area (TPSA) is 222 Å². The molecule has 0 aromatic carbocycles. The minimum Gasteiger partial charge on any atom is -0.449 e. The van der Waals surface area contributed by atoms with Gasteiger partial charge in [-0.25, -0.2) is 9.89 Å². The Kier molecular flexibility index (Phi) is 6.38. The van der Waals surface area contributed by atoms with Crippen LogP contribution < -0.4 is 11.1 Å². The summed E-state index contributed by atoms with van der Waals surface area (Å²) in [7, 11) is 0. The van der Waals surface area contributed by atoms with Gasteiger partial charge in [-0.05, 0) is 28.9 Å². The number of H-pyrrole nitrogens is 1. The van der Waals surface area contributed by atoms with E-state index in [1.54, 1.807) is 6.92 Å². The molecule has 4 heterocycles. The van der Waals surface area contributed by atoms with Crippen molar-refractivity contribution in [1.29, 1.82) is 0 Å². The molecule has 2 aliphatic rings. The van der Waals surface area contributed by atoms with Gasteiger partial charge in [-0.15, -0.1) is 16.9 Å². The molecule has 1 unspecified atom stereocenters. The highest BCUT2D eigenvalue weighted by molar-refractivity contribution is 8.01. The van der Waals surface area contributed by atoms with Crippen molar-refractivity contribution in [2.45, 2.75) is 28.7 Å². The van der Waals surface area contributed by atoms with Gasteiger partial charge in [-0.3, -0.25) is 14.5 Å². The number of ether oxygens (including phenoxy) is 1. The summed E-state index contributed by atoms with van der Waals surface area (Å²) in [4.78, 5) is 37.9. The van der Waals surface area contributed by atoms with Crippen LogP contribution in [0.3, 0.4) is 0 Å². The zero-order chi connectivity index (χ0) is 23.7. The average molecular weight is 514 g/mol. The van der Waals surface area contributed by atoms with Crippen molar-refractivity contribution in [3.05, 3.63) is 23.2 Å². The lowest BCUT2D eigenvalue weighted by Gasteiger charge is -2.49. The van der Waals surface area contributed by atoms with Crippen molar-refractivity contribution in [2.24, 2.45) is 5.16 Å². The summed E-state index contributed by atoms with van der Waals surface area (Å²) in [5.74, 6) is -1.21. The summed E-state index contributed by atoms with van der Waals surface area (Å²) in [6, 6.07) is 0.367. The molecule has 33 heavy (non-hydrogen) atoms. The van der Waals surface area contributed by atoms with E-state index < -0.39 is 35.1 Å². The fraction of sp³-hybridized carbons (Fsp3) is 0.333. The van der Waals surface area contributed by atoms with Crippen LogP contribution in [0.2, 0.25) is 0 Å². The number of fused-ring (bicyclic) bond motifs is 1. The molecule has 2 aliphatic heterocycles. The molecule has 0 radical (unpaired) electrons. The first-order valence-corrected chi connectivity index (χ1v) is 11.7. The summed E-state index contributed by atoms with van der Waals surface area (Å²) < 4.78 is 8.87. The van der Waals surface area contributed by atoms with Crippen LogP contribution in [0, 0.1) is 0 Å². The molecule has 174 valence electrons. The molecule has 6 N–H and O–H groups in total. The van der Waals surface area contributed by atoms with Gasteiger partial charge in [0, 0.05) is 22.6 Å². The predicted octanol–water partition coefficient (Wildman–Crippen LogP) is -0.0964. The Bertz CT molecular complexity index is 1150. The SMILES string of the molecule is CC(Sc1nnn[nH]1)C1=C(OC(=O)O)N2C(=O)[C@@H](NC(=O)C(=NO)c3cc(N)sn3)[C@@H]2SC1. The molecule has 15 nitrogen and oxygen atoms in total. The molecule has 1 saturated heterocycles. The second-order valence-corrected chi connectivity index (χ2v) is 9.86. The van der Waals surface area contributed by atoms with Crippen LogP contribution in [0.5, 0.6) is 0 Å². The monoisotopic (exact) mass is 513 g/mol. The number of thioether (sulfide) groups is 2. The Morgan fingerprint density at radius 2 is 2.30 bits per heavy atom. The zero-order valence-electron chi connectivity index (χ0n) is 16.5. The molecule has 18 heteroatoms. The largest absolute Gasteiger partial charge is 0.512 e. The third-order valence-corrected chi connectivity index (χ3v) is 7.56. The summed E-state index contributed by atoms with van der Waals surface area (Å²) in [6.45, 7) is 1.79. The highest BCUT2D eigenvalue weighted by Crippen LogP contribution is 2.43. The standard InChI is InChI=1S/C15H15N9O6S3/c1-4(32-14-18-22-23-19-14)5-3-31-13-9(11(26)24(13)12(5)30-15(27)28)17-10(25)8(20-29)6-2-7(16)33-21-6/h2,4,9,13,29H,3,16H2,1H3,(H,17,25)(H,27,28)(H,18,19,22,23)/t4?,9-,13+/m1/s1. The minimum atomic E-state index is -1.58. The molecule has 2 aromatic rings. The molecular weight excluding hydrogens is 498 g/mol. The van der Waals surface area contributed by atoms with Crippen LogP contribution in [0.25, 0.3) is 0 Å². The number of carbonyl (C=O) groups excluding carboxylic acids is 2. The van der Waals surface area contributed by atoms with Crippen LogP contribution in [-0.2, 0) is 14.3 Å². The van der Waals surface area contributed by atoms with E-state index >= 15 is 0 Å². The van der Waals surface area contributed by atoms with Crippen LogP contribution in [0.1, 0.15) is 12.6 Å². The molecule has 1 fully saturated rings. The summed E-state index contributed by atoms with van der Waals surface area (Å²) in [5, 5.41) is 37.0. The second kappa shape index (κ2) is 9.24. The molecule has 0 aliphatic carbocycles. The number of nitrogens with one attached hydrogen (secondary N) is 2. The van der Waals surface area contributed by atoms with Crippen LogP contribution in [-0.4, -0.2) is 86.3 Å². The highest BCUT2D eigenvalue weighted by Gasteiger charge is 2.54. The zero-order valence-corrected chi connectivity index (χ0v) is 19.0. The highest BCUT2D eigenvalue weighted by atomic mass is 32.2. The van der Waals surface area contributed by atoms with Gasteiger partial charge in [0.1, 0.15) is 22.1 Å². The molecular formula is C15H15N9O6S3. The maximum atomic E-state index is 12.9. The maximum absolute atomic E-state index is 12.9. The van der Waals surface area contributed by atoms with Crippen LogP contribution >= 0.6 is 35.1 Å². The fourth-order valence-corrected chi connectivity index (χ4v) is 6.03. The lowest BCUT2D eigenvalue weighted by Crippen LogP contribution is -2.70. The summed E-state index contributed by atoms with van der Waals surface area (Å²) in [6.07, 6.45) is -1.58. The number of β-lactam (4-membered cyclic amide) rings is 1. The number of aromatic nitrogens is 5. The van der Waals surface area contributed by atoms with E-state index in [-0.39, 0.29) is 16.8 Å². The first kappa shape index (κ1) is 22.8. The quantitative estimate of drug-likeness (QED) is 0.0816. The Balaban J connectivity index is 1.52. The van der Waals surface area contributed by atoms with Crippen molar-refractivity contribution in [1.82, 2.24) is 35.2 Å². The number of anilines is 1. The number of rotatable bonds is 7. The van der Waals surface area contributed by atoms with Gasteiger partial charge in [0.25, 0.3) is 11.8 Å². The number of hydrogen-bond acceptors (Lipinski definition) is 14. The third kappa shape index (κ3) is 4.44. The number of carbonyl (C=O) groups is 3. The predicted molar refractivity (Wildman–Crippen MR) is 116 cm³/mol.